The third-order valence-corrected chi connectivity index (χ3v) is 5.15. The Morgan fingerprint density at radius 3 is 2.34 bits per heavy atom. The molecule has 0 aliphatic rings. The lowest BCUT2D eigenvalue weighted by molar-refractivity contribution is -0.120. The molecule has 29 heavy (non-hydrogen) atoms. The van der Waals surface area contributed by atoms with Crippen molar-refractivity contribution in [3.05, 3.63) is 90.3 Å². The minimum atomic E-state index is 0.0385. The van der Waals surface area contributed by atoms with Crippen LogP contribution in [0, 0.1) is 0 Å². The molecule has 0 unspecified atom stereocenters. The van der Waals surface area contributed by atoms with Crippen molar-refractivity contribution in [1.29, 1.82) is 0 Å². The zero-order valence-corrected chi connectivity index (χ0v) is 16.6. The molecular weight excluding hydrogens is 358 g/mol. The summed E-state index contributed by atoms with van der Waals surface area (Å²) < 4.78 is 2.21. The van der Waals surface area contributed by atoms with Crippen LogP contribution >= 0.6 is 0 Å². The molecule has 0 spiro atoms. The number of para-hydroxylation sites is 2. The summed E-state index contributed by atoms with van der Waals surface area (Å²) in [6, 6.07) is 26.6. The maximum Gasteiger partial charge on any atom is 0.224 e. The van der Waals surface area contributed by atoms with Crippen LogP contribution in [0.2, 0.25) is 0 Å². The molecule has 4 rings (SSSR count). The normalized spacial score (nSPS) is 10.9. The smallest absolute Gasteiger partial charge is 0.224 e. The van der Waals surface area contributed by atoms with E-state index in [4.69, 9.17) is 4.98 Å². The van der Waals surface area contributed by atoms with E-state index in [1.54, 1.807) is 0 Å². The van der Waals surface area contributed by atoms with E-state index in [0.717, 1.165) is 41.0 Å². The van der Waals surface area contributed by atoms with Crippen LogP contribution in [0.4, 0.5) is 0 Å². The van der Waals surface area contributed by atoms with Crippen LogP contribution in [0.25, 0.3) is 22.2 Å². The zero-order chi connectivity index (χ0) is 20.1. The van der Waals surface area contributed by atoms with E-state index in [9.17, 15) is 4.79 Å². The molecule has 0 bridgehead atoms. The summed E-state index contributed by atoms with van der Waals surface area (Å²) in [5.41, 5.74) is 5.52. The first-order valence-corrected chi connectivity index (χ1v) is 10.1. The van der Waals surface area contributed by atoms with Gasteiger partial charge in [-0.15, -0.1) is 0 Å². The van der Waals surface area contributed by atoms with Crippen molar-refractivity contribution in [2.75, 3.05) is 6.54 Å². The molecule has 1 amide bonds. The number of aromatic nitrogens is 2. The van der Waals surface area contributed by atoms with Gasteiger partial charge in [-0.2, -0.15) is 0 Å². The number of imidazole rings is 1. The van der Waals surface area contributed by atoms with E-state index in [1.807, 2.05) is 48.5 Å². The summed E-state index contributed by atoms with van der Waals surface area (Å²) in [6.45, 7) is 3.58. The van der Waals surface area contributed by atoms with Gasteiger partial charge in [0.1, 0.15) is 5.82 Å². The van der Waals surface area contributed by atoms with Gasteiger partial charge in [0, 0.05) is 19.5 Å². The van der Waals surface area contributed by atoms with E-state index < -0.39 is 0 Å². The van der Waals surface area contributed by atoms with Crippen molar-refractivity contribution in [3.8, 4) is 11.1 Å². The van der Waals surface area contributed by atoms with Crippen molar-refractivity contribution < 1.29 is 4.79 Å². The minimum Gasteiger partial charge on any atom is -0.355 e. The first kappa shape index (κ1) is 18.9. The molecular formula is C25H25N3O. The summed E-state index contributed by atoms with van der Waals surface area (Å²) in [5, 5.41) is 3.03. The fourth-order valence-electron chi connectivity index (χ4n) is 3.68. The Morgan fingerprint density at radius 2 is 1.59 bits per heavy atom. The van der Waals surface area contributed by atoms with Crippen molar-refractivity contribution in [2.24, 2.45) is 0 Å². The molecule has 0 atom stereocenters. The lowest BCUT2D eigenvalue weighted by atomic mass is 10.0. The van der Waals surface area contributed by atoms with Gasteiger partial charge in [-0.05, 0) is 35.7 Å². The van der Waals surface area contributed by atoms with Crippen LogP contribution in [0.5, 0.6) is 0 Å². The highest BCUT2D eigenvalue weighted by Gasteiger charge is 2.10. The van der Waals surface area contributed by atoms with Crippen LogP contribution in [-0.4, -0.2) is 22.0 Å². The molecule has 4 heteroatoms. The topological polar surface area (TPSA) is 46.9 Å². The molecule has 4 aromatic rings. The molecule has 0 radical (unpaired) electrons. The van der Waals surface area contributed by atoms with Crippen LogP contribution in [-0.2, 0) is 24.2 Å². The standard InChI is InChI=1S/C25H25N3O/c1-2-28-23-11-7-6-10-22(23)27-24(28)16-17-26-25(29)18-19-12-14-21(15-13-19)20-8-4-3-5-9-20/h3-15H,2,16-18H2,1H3,(H,26,29). The Labute approximate surface area is 171 Å². The Bertz CT molecular complexity index is 1100. The second-order valence-corrected chi connectivity index (χ2v) is 7.10. The Balaban J connectivity index is 1.33. The monoisotopic (exact) mass is 383 g/mol. The van der Waals surface area contributed by atoms with Gasteiger partial charge in [0.25, 0.3) is 0 Å². The number of fused-ring (bicyclic) bond motifs is 1. The number of amides is 1. The van der Waals surface area contributed by atoms with Gasteiger partial charge in [-0.25, -0.2) is 4.98 Å². The molecule has 0 aliphatic heterocycles. The largest absolute Gasteiger partial charge is 0.355 e. The van der Waals surface area contributed by atoms with E-state index in [1.165, 1.54) is 5.56 Å². The Hall–Kier alpha value is -3.40. The average Bonchev–Trinajstić information content (AvgIpc) is 3.12. The maximum atomic E-state index is 12.3. The summed E-state index contributed by atoms with van der Waals surface area (Å²) in [7, 11) is 0. The highest BCUT2D eigenvalue weighted by atomic mass is 16.1. The van der Waals surface area contributed by atoms with Gasteiger partial charge in [0.15, 0.2) is 0 Å². The third kappa shape index (κ3) is 4.37. The summed E-state index contributed by atoms with van der Waals surface area (Å²) >= 11 is 0. The molecule has 146 valence electrons. The number of aryl methyl sites for hydroxylation is 1. The van der Waals surface area contributed by atoms with E-state index in [0.29, 0.717) is 13.0 Å². The number of carbonyl (C=O) groups excluding carboxylic acids is 1. The molecule has 1 aromatic heterocycles. The van der Waals surface area contributed by atoms with E-state index in [2.05, 4.69) is 47.1 Å². The minimum absolute atomic E-state index is 0.0385. The van der Waals surface area contributed by atoms with E-state index >= 15 is 0 Å². The Kier molecular flexibility index (Phi) is 5.71. The van der Waals surface area contributed by atoms with Gasteiger partial charge in [0.05, 0.1) is 17.5 Å². The summed E-state index contributed by atoms with van der Waals surface area (Å²) in [5.74, 6) is 1.05. The molecule has 0 fully saturated rings. The number of nitrogens with one attached hydrogen (secondary N) is 1. The maximum absolute atomic E-state index is 12.3. The molecule has 0 aliphatic carbocycles. The van der Waals surface area contributed by atoms with Gasteiger partial charge in [0.2, 0.25) is 5.91 Å². The molecule has 3 aromatic carbocycles. The summed E-state index contributed by atoms with van der Waals surface area (Å²) in [6.07, 6.45) is 1.11. The predicted octanol–water partition coefficient (Wildman–Crippen LogP) is 4.62. The highest BCUT2D eigenvalue weighted by Crippen LogP contribution is 2.19. The van der Waals surface area contributed by atoms with Crippen LogP contribution in [0.1, 0.15) is 18.3 Å². The second-order valence-electron chi connectivity index (χ2n) is 7.10. The number of hydrogen-bond donors (Lipinski definition) is 1. The number of rotatable bonds is 7. The fraction of sp³-hybridized carbons (Fsp3) is 0.200. The predicted molar refractivity (Wildman–Crippen MR) is 118 cm³/mol. The SMILES string of the molecule is CCn1c(CCNC(=O)Cc2ccc(-c3ccccc3)cc2)nc2ccccc21. The van der Waals surface area contributed by atoms with Crippen LogP contribution in [0.15, 0.2) is 78.9 Å². The second kappa shape index (κ2) is 8.74. The number of carbonyl (C=O) groups is 1. The lowest BCUT2D eigenvalue weighted by Crippen LogP contribution is -2.27. The number of nitrogens with zero attached hydrogens (tertiary/aromatic N) is 2. The van der Waals surface area contributed by atoms with Gasteiger partial charge >= 0.3 is 0 Å². The quantitative estimate of drug-likeness (QED) is 0.506. The zero-order valence-electron chi connectivity index (χ0n) is 16.6. The molecule has 4 nitrogen and oxygen atoms in total. The third-order valence-electron chi connectivity index (χ3n) is 5.15. The Morgan fingerprint density at radius 1 is 0.897 bits per heavy atom. The average molecular weight is 383 g/mol. The first-order valence-electron chi connectivity index (χ1n) is 10.1. The fourth-order valence-corrected chi connectivity index (χ4v) is 3.68. The van der Waals surface area contributed by atoms with Crippen molar-refractivity contribution in [3.63, 3.8) is 0 Å². The van der Waals surface area contributed by atoms with Crippen molar-refractivity contribution >= 4 is 16.9 Å². The first-order chi connectivity index (χ1) is 14.2. The van der Waals surface area contributed by atoms with Gasteiger partial charge in [-0.3, -0.25) is 4.79 Å². The number of benzene rings is 3. The molecule has 1 N–H and O–H groups in total. The lowest BCUT2D eigenvalue weighted by Gasteiger charge is -2.08. The van der Waals surface area contributed by atoms with E-state index in [-0.39, 0.29) is 5.91 Å². The molecule has 0 saturated carbocycles. The summed E-state index contributed by atoms with van der Waals surface area (Å²) in [4.78, 5) is 17.1. The molecule has 0 saturated heterocycles. The molecule has 1 heterocycles. The number of hydrogen-bond acceptors (Lipinski definition) is 2. The van der Waals surface area contributed by atoms with Crippen LogP contribution in [0.3, 0.4) is 0 Å². The van der Waals surface area contributed by atoms with Crippen molar-refractivity contribution in [1.82, 2.24) is 14.9 Å². The highest BCUT2D eigenvalue weighted by molar-refractivity contribution is 5.79. The van der Waals surface area contributed by atoms with Gasteiger partial charge < -0.3 is 9.88 Å². The van der Waals surface area contributed by atoms with Gasteiger partial charge in [-0.1, -0.05) is 66.7 Å². The van der Waals surface area contributed by atoms with Crippen molar-refractivity contribution in [2.45, 2.75) is 26.3 Å². The van der Waals surface area contributed by atoms with Crippen LogP contribution < -0.4 is 5.32 Å².